The van der Waals surface area contributed by atoms with Gasteiger partial charge in [-0.15, -0.1) is 0 Å². The van der Waals surface area contributed by atoms with Crippen LogP contribution in [0.3, 0.4) is 0 Å². The number of aromatic nitrogens is 2. The van der Waals surface area contributed by atoms with E-state index in [-0.39, 0.29) is 23.4 Å². The summed E-state index contributed by atoms with van der Waals surface area (Å²) in [6.07, 6.45) is 0. The summed E-state index contributed by atoms with van der Waals surface area (Å²) in [5, 5.41) is 8.34. The number of benzene rings is 4. The van der Waals surface area contributed by atoms with Crippen LogP contribution in [0.25, 0.3) is 0 Å². The van der Waals surface area contributed by atoms with E-state index in [1.807, 2.05) is 133 Å². The molecule has 0 aliphatic carbocycles. The van der Waals surface area contributed by atoms with Crippen LogP contribution in [0, 0.1) is 0 Å². The molecule has 14 nitrogen and oxygen atoms in total. The van der Waals surface area contributed by atoms with Crippen molar-refractivity contribution in [3.8, 4) is 0 Å². The number of likely N-dealkylation sites (N-methyl/N-ethyl adjacent to an activating group) is 1. The van der Waals surface area contributed by atoms with Crippen molar-refractivity contribution in [2.45, 2.75) is 25.7 Å². The van der Waals surface area contributed by atoms with Crippen molar-refractivity contribution < 1.29 is 23.4 Å². The Hall–Kier alpha value is -6.90. The van der Waals surface area contributed by atoms with Crippen molar-refractivity contribution in [1.29, 1.82) is 0 Å². The second-order valence-corrected chi connectivity index (χ2v) is 15.1. The number of nitrogens with zero attached hydrogens (tertiary/aromatic N) is 7. The number of nitrogens with two attached hydrogens (primary N) is 2. The van der Waals surface area contributed by atoms with E-state index in [0.717, 1.165) is 48.7 Å². The predicted octanol–water partition coefficient (Wildman–Crippen LogP) is 6.59. The molecule has 0 spiro atoms. The smallest absolute Gasteiger partial charge is 0.253 e. The topological polar surface area (TPSA) is 182 Å². The molecule has 4 N–H and O–H groups in total. The number of guanidine groups is 2. The van der Waals surface area contributed by atoms with Crippen molar-refractivity contribution in [3.05, 3.63) is 166 Å². The fourth-order valence-electron chi connectivity index (χ4n) is 7.02. The Bertz CT molecular complexity index is 2450. The van der Waals surface area contributed by atoms with E-state index in [2.05, 4.69) is 32.2 Å². The van der Waals surface area contributed by atoms with Gasteiger partial charge in [0.05, 0.1) is 24.6 Å². The molecule has 4 aromatic carbocycles. The standard InChI is InChI=1S/C24H27N5O2.C23H24N4O3/c1-17(19-9-6-10-20(15-19)23(30)18-7-4-3-5-8-18)21-16-22(31-27-21)26-24(25)29-13-11-28(2)12-14-29;1-16(18-8-5-9-19(14-18)22(28)17-6-3-2-4-7-17)20-15-21(30-26-20)25-23(24)27-10-12-29-13-11-27/h3-10,15-17H,11-14H2,1-2H3,(H2,25,26);2-9,14-16H,10-13H2,1H3,(H2,24,25). The number of ketones is 2. The average molecular weight is 822 g/mol. The maximum atomic E-state index is 12.8. The van der Waals surface area contributed by atoms with E-state index in [9.17, 15) is 9.59 Å². The van der Waals surface area contributed by atoms with E-state index in [4.69, 9.17) is 25.3 Å². The Morgan fingerprint density at radius 2 is 0.967 bits per heavy atom. The molecule has 0 amide bonds. The molecule has 2 atom stereocenters. The molecule has 0 saturated carbocycles. The zero-order valence-electron chi connectivity index (χ0n) is 34.7. The van der Waals surface area contributed by atoms with Crippen LogP contribution in [0.4, 0.5) is 11.8 Å². The molecule has 61 heavy (non-hydrogen) atoms. The molecule has 2 saturated heterocycles. The first-order chi connectivity index (χ1) is 29.6. The molecule has 14 heteroatoms. The lowest BCUT2D eigenvalue weighted by Gasteiger charge is -2.32. The minimum atomic E-state index is -0.0640. The first-order valence-corrected chi connectivity index (χ1v) is 20.4. The summed E-state index contributed by atoms with van der Waals surface area (Å²) < 4.78 is 16.1. The Morgan fingerprint density at radius 1 is 0.557 bits per heavy atom. The van der Waals surface area contributed by atoms with Gasteiger partial charge in [-0.05, 0) is 30.3 Å². The van der Waals surface area contributed by atoms with E-state index in [0.29, 0.717) is 72.2 Å². The molecule has 2 fully saturated rings. The lowest BCUT2D eigenvalue weighted by molar-refractivity contribution is 0.0675. The van der Waals surface area contributed by atoms with Crippen LogP contribution in [0.2, 0.25) is 0 Å². The third-order valence-electron chi connectivity index (χ3n) is 10.9. The van der Waals surface area contributed by atoms with Gasteiger partial charge in [-0.25, -0.2) is 0 Å². The second-order valence-electron chi connectivity index (χ2n) is 15.1. The third kappa shape index (κ3) is 10.8. The number of aliphatic imine (C=N–C) groups is 2. The summed E-state index contributed by atoms with van der Waals surface area (Å²) in [5.74, 6) is 1.45. The Balaban J connectivity index is 0.000000184. The van der Waals surface area contributed by atoms with Gasteiger partial charge in [0.2, 0.25) is 0 Å². The van der Waals surface area contributed by atoms with E-state index < -0.39 is 0 Å². The summed E-state index contributed by atoms with van der Waals surface area (Å²) >= 11 is 0. The van der Waals surface area contributed by atoms with E-state index >= 15 is 0 Å². The van der Waals surface area contributed by atoms with Crippen LogP contribution in [0.5, 0.6) is 0 Å². The normalized spacial score (nSPS) is 16.0. The van der Waals surface area contributed by atoms with Gasteiger partial charge in [0.25, 0.3) is 11.8 Å². The van der Waals surface area contributed by atoms with Gasteiger partial charge < -0.3 is 40.0 Å². The van der Waals surface area contributed by atoms with Crippen molar-refractivity contribution >= 4 is 35.3 Å². The van der Waals surface area contributed by atoms with Gasteiger partial charge in [0.15, 0.2) is 23.5 Å². The van der Waals surface area contributed by atoms with Gasteiger partial charge in [-0.2, -0.15) is 9.98 Å². The number of ether oxygens (including phenoxy) is 1. The van der Waals surface area contributed by atoms with Crippen molar-refractivity contribution in [2.24, 2.45) is 21.5 Å². The van der Waals surface area contributed by atoms with E-state index in [1.165, 1.54) is 0 Å². The molecular formula is C47H51N9O5. The van der Waals surface area contributed by atoms with Gasteiger partial charge in [0, 0.05) is 85.5 Å². The SMILES string of the molecule is CC(c1cccc(C(=O)c2ccccc2)c1)c1cc(N=C(N)N2CCN(C)CC2)on1.CC(c1cccc(C(=O)c2ccccc2)c1)c1cc(N=C(N)N2CCOCC2)on1. The number of carbonyl (C=O) groups excluding carboxylic acids is 2. The summed E-state index contributed by atoms with van der Waals surface area (Å²) in [6.45, 7) is 10.3. The van der Waals surface area contributed by atoms with Crippen LogP contribution in [0.15, 0.2) is 140 Å². The van der Waals surface area contributed by atoms with Crippen LogP contribution in [-0.2, 0) is 4.74 Å². The fraction of sp³-hybridized carbons (Fsp3) is 0.277. The maximum absolute atomic E-state index is 12.8. The highest BCUT2D eigenvalue weighted by molar-refractivity contribution is 6.09. The molecular weight excluding hydrogens is 771 g/mol. The average Bonchev–Trinajstić information content (AvgIpc) is 3.99. The molecule has 8 rings (SSSR count). The molecule has 4 heterocycles. The monoisotopic (exact) mass is 821 g/mol. The number of rotatable bonds is 10. The molecule has 0 bridgehead atoms. The van der Waals surface area contributed by atoms with E-state index in [1.54, 1.807) is 12.1 Å². The Labute approximate surface area is 355 Å². The largest absolute Gasteiger partial charge is 0.378 e. The zero-order chi connectivity index (χ0) is 42.7. The molecule has 2 unspecified atom stereocenters. The minimum Gasteiger partial charge on any atom is -0.378 e. The summed E-state index contributed by atoms with van der Waals surface area (Å²) in [7, 11) is 2.09. The van der Waals surface area contributed by atoms with Crippen LogP contribution in [0.1, 0.15) is 80.0 Å². The van der Waals surface area contributed by atoms with Crippen molar-refractivity contribution in [3.63, 3.8) is 0 Å². The predicted molar refractivity (Wildman–Crippen MR) is 235 cm³/mol. The molecule has 314 valence electrons. The van der Waals surface area contributed by atoms with Crippen LogP contribution < -0.4 is 11.5 Å². The second kappa shape index (κ2) is 19.9. The first kappa shape index (κ1) is 42.2. The summed E-state index contributed by atoms with van der Waals surface area (Å²) in [5.41, 5.74) is 18.3. The maximum Gasteiger partial charge on any atom is 0.253 e. The Kier molecular flexibility index (Phi) is 13.8. The first-order valence-electron chi connectivity index (χ1n) is 20.4. The fourth-order valence-corrected chi connectivity index (χ4v) is 7.02. The van der Waals surface area contributed by atoms with Crippen LogP contribution >= 0.6 is 0 Å². The van der Waals surface area contributed by atoms with Crippen molar-refractivity contribution in [2.75, 3.05) is 59.5 Å². The van der Waals surface area contributed by atoms with Crippen LogP contribution in [-0.4, -0.2) is 108 Å². The third-order valence-corrected chi connectivity index (χ3v) is 10.9. The lowest BCUT2D eigenvalue weighted by Crippen LogP contribution is -2.49. The van der Waals surface area contributed by atoms with Gasteiger partial charge in [-0.1, -0.05) is 121 Å². The quantitative estimate of drug-likeness (QED) is 0.0861. The van der Waals surface area contributed by atoms with Crippen molar-refractivity contribution in [1.82, 2.24) is 25.0 Å². The highest BCUT2D eigenvalue weighted by Crippen LogP contribution is 2.29. The summed E-state index contributed by atoms with van der Waals surface area (Å²) in [6, 6.07) is 37.3. The molecule has 2 aliphatic rings. The number of carbonyl (C=O) groups is 2. The number of piperazine rings is 1. The minimum absolute atomic E-state index is 0.0000387. The molecule has 2 aromatic heterocycles. The Morgan fingerprint density at radius 3 is 1.41 bits per heavy atom. The number of morpholine rings is 1. The molecule has 0 radical (unpaired) electrons. The van der Waals surface area contributed by atoms with Gasteiger partial charge >= 0.3 is 0 Å². The van der Waals surface area contributed by atoms with Gasteiger partial charge in [0.1, 0.15) is 0 Å². The highest BCUT2D eigenvalue weighted by atomic mass is 16.5. The highest BCUT2D eigenvalue weighted by Gasteiger charge is 2.21. The van der Waals surface area contributed by atoms with Gasteiger partial charge in [-0.3, -0.25) is 9.59 Å². The number of hydrogen-bond donors (Lipinski definition) is 2. The zero-order valence-corrected chi connectivity index (χ0v) is 34.7. The molecule has 2 aliphatic heterocycles. The summed E-state index contributed by atoms with van der Waals surface area (Å²) in [4.78, 5) is 40.5. The molecule has 6 aromatic rings. The number of hydrogen-bond acceptors (Lipinski definition) is 10. The lowest BCUT2D eigenvalue weighted by atomic mass is 9.94.